The quantitative estimate of drug-likeness (QED) is 0.805. The average Bonchev–Trinajstić information content (AvgIpc) is 3.14. The highest BCUT2D eigenvalue weighted by atomic mass is 35.5. The highest BCUT2D eigenvalue weighted by Gasteiger charge is 2.51. The Hall–Kier alpha value is -2.06. The van der Waals surface area contributed by atoms with Gasteiger partial charge in [0.15, 0.2) is 5.78 Å². The van der Waals surface area contributed by atoms with Crippen molar-refractivity contribution in [1.82, 2.24) is 0 Å². The minimum atomic E-state index is -0.244. The summed E-state index contributed by atoms with van der Waals surface area (Å²) in [6, 6.07) is 18.1. The Labute approximate surface area is 141 Å². The van der Waals surface area contributed by atoms with Gasteiger partial charge in [0.05, 0.1) is 11.5 Å². The van der Waals surface area contributed by atoms with Gasteiger partial charge in [-0.2, -0.15) is 0 Å². The third-order valence-corrected chi connectivity index (χ3v) is 5.31. The van der Waals surface area contributed by atoms with Gasteiger partial charge in [0.2, 0.25) is 0 Å². The third-order valence-electron chi connectivity index (χ3n) is 5.05. The van der Waals surface area contributed by atoms with Crippen LogP contribution in [-0.2, 0) is 4.79 Å². The van der Waals surface area contributed by atoms with E-state index in [-0.39, 0.29) is 17.2 Å². The molecule has 1 saturated heterocycles. The molecule has 3 heteroatoms. The van der Waals surface area contributed by atoms with Gasteiger partial charge in [-0.1, -0.05) is 48.0 Å². The molecule has 0 unspecified atom stereocenters. The van der Waals surface area contributed by atoms with Gasteiger partial charge in [0, 0.05) is 17.3 Å². The molecule has 0 radical (unpaired) electrons. The maximum absolute atomic E-state index is 12.6. The van der Waals surface area contributed by atoms with E-state index < -0.39 is 0 Å². The van der Waals surface area contributed by atoms with E-state index in [1.807, 2.05) is 42.5 Å². The number of halogens is 1. The minimum absolute atomic E-state index is 0.123. The van der Waals surface area contributed by atoms with Crippen molar-refractivity contribution in [3.63, 3.8) is 0 Å². The topological polar surface area (TPSA) is 20.3 Å². The van der Waals surface area contributed by atoms with E-state index in [4.69, 9.17) is 11.6 Å². The zero-order valence-corrected chi connectivity index (χ0v) is 13.5. The zero-order chi connectivity index (χ0) is 15.9. The molecular weight excluding hydrogens is 306 g/mol. The molecule has 1 aliphatic heterocycles. The summed E-state index contributed by atoms with van der Waals surface area (Å²) in [5.41, 5.74) is 1.99. The summed E-state index contributed by atoms with van der Waals surface area (Å²) in [6.07, 6.45) is 5.97. The van der Waals surface area contributed by atoms with Crippen molar-refractivity contribution in [2.24, 2.45) is 0 Å². The first kappa shape index (κ1) is 14.5. The van der Waals surface area contributed by atoms with Crippen molar-refractivity contribution in [2.45, 2.75) is 24.3 Å². The molecule has 4 rings (SSSR count). The lowest BCUT2D eigenvalue weighted by Crippen LogP contribution is -2.47. The molecule has 2 aromatic carbocycles. The summed E-state index contributed by atoms with van der Waals surface area (Å²) in [6.45, 7) is 0.961. The lowest BCUT2D eigenvalue weighted by Gasteiger charge is -2.40. The molecule has 2 atom stereocenters. The smallest absolute Gasteiger partial charge is 0.165 e. The molecule has 0 saturated carbocycles. The van der Waals surface area contributed by atoms with E-state index in [2.05, 4.69) is 23.1 Å². The summed E-state index contributed by atoms with van der Waals surface area (Å²) < 4.78 is 0. The molecule has 0 bridgehead atoms. The first-order valence-corrected chi connectivity index (χ1v) is 8.40. The second-order valence-corrected chi connectivity index (χ2v) is 6.74. The zero-order valence-electron chi connectivity index (χ0n) is 12.8. The Kier molecular flexibility index (Phi) is 3.50. The fourth-order valence-corrected chi connectivity index (χ4v) is 4.22. The molecule has 116 valence electrons. The fourth-order valence-electron chi connectivity index (χ4n) is 4.09. The maximum Gasteiger partial charge on any atom is 0.165 e. The molecule has 1 spiro atoms. The number of nitrogens with zero attached hydrogens (tertiary/aromatic N) is 1. The van der Waals surface area contributed by atoms with Crippen LogP contribution in [0.15, 0.2) is 66.7 Å². The largest absolute Gasteiger partial charge is 0.361 e. The van der Waals surface area contributed by atoms with E-state index >= 15 is 0 Å². The normalized spacial score (nSPS) is 26.4. The molecule has 0 N–H and O–H groups in total. The van der Waals surface area contributed by atoms with E-state index in [0.717, 1.165) is 35.7 Å². The van der Waals surface area contributed by atoms with Crippen molar-refractivity contribution in [2.75, 3.05) is 11.4 Å². The predicted molar refractivity (Wildman–Crippen MR) is 94.1 cm³/mol. The summed E-state index contributed by atoms with van der Waals surface area (Å²) in [4.78, 5) is 15.0. The molecule has 2 aromatic rings. The summed E-state index contributed by atoms with van der Waals surface area (Å²) in [7, 11) is 0. The van der Waals surface area contributed by atoms with Crippen LogP contribution in [0, 0.1) is 0 Å². The Morgan fingerprint density at radius 1 is 1.04 bits per heavy atom. The number of rotatable bonds is 2. The van der Waals surface area contributed by atoms with Crippen LogP contribution in [0.1, 0.15) is 24.3 Å². The van der Waals surface area contributed by atoms with Gasteiger partial charge in [0.25, 0.3) is 0 Å². The second-order valence-electron chi connectivity index (χ2n) is 6.30. The van der Waals surface area contributed by atoms with Crippen LogP contribution in [0.2, 0.25) is 5.02 Å². The van der Waals surface area contributed by atoms with Gasteiger partial charge in [-0.25, -0.2) is 0 Å². The summed E-state index contributed by atoms with van der Waals surface area (Å²) in [5, 5.41) is 0.736. The summed E-state index contributed by atoms with van der Waals surface area (Å²) >= 11 is 6.03. The SMILES string of the molecule is O=C1C=C[C@]2(CCCN2c2ccc(Cl)cc2)[C@@H]1c1ccccc1. The molecule has 1 fully saturated rings. The van der Waals surface area contributed by atoms with Crippen LogP contribution in [0.25, 0.3) is 0 Å². The van der Waals surface area contributed by atoms with Crippen molar-refractivity contribution in [1.29, 1.82) is 0 Å². The molecule has 23 heavy (non-hydrogen) atoms. The number of carbonyl (C=O) groups is 1. The second kappa shape index (κ2) is 5.54. The number of anilines is 1. The van der Waals surface area contributed by atoms with Crippen molar-refractivity contribution < 1.29 is 4.79 Å². The number of carbonyl (C=O) groups excluding carboxylic acids is 1. The molecular formula is C20H18ClNO. The first-order chi connectivity index (χ1) is 11.2. The fraction of sp³-hybridized carbons (Fsp3) is 0.250. The Morgan fingerprint density at radius 2 is 1.78 bits per heavy atom. The van der Waals surface area contributed by atoms with Crippen LogP contribution in [0.3, 0.4) is 0 Å². The first-order valence-electron chi connectivity index (χ1n) is 8.02. The lowest BCUT2D eigenvalue weighted by atomic mass is 9.79. The van der Waals surface area contributed by atoms with Crippen LogP contribution >= 0.6 is 11.6 Å². The Balaban J connectivity index is 1.79. The molecule has 1 heterocycles. The standard InChI is InChI=1S/C20H18ClNO/c21-16-7-9-17(10-8-16)22-14-4-12-20(22)13-11-18(23)19(20)15-5-2-1-3-6-15/h1-3,5-11,13,19H,4,12,14H2/t19-,20-/m1/s1. The summed E-state index contributed by atoms with van der Waals surface area (Å²) in [5.74, 6) is 0.0824. The Bertz CT molecular complexity index is 753. The van der Waals surface area contributed by atoms with Gasteiger partial charge in [-0.05, 0) is 48.7 Å². The Morgan fingerprint density at radius 3 is 2.52 bits per heavy atom. The van der Waals surface area contributed by atoms with Crippen molar-refractivity contribution in [3.8, 4) is 0 Å². The van der Waals surface area contributed by atoms with Gasteiger partial charge >= 0.3 is 0 Å². The van der Waals surface area contributed by atoms with Crippen LogP contribution < -0.4 is 4.90 Å². The third kappa shape index (κ3) is 2.29. The van der Waals surface area contributed by atoms with Gasteiger partial charge < -0.3 is 4.90 Å². The number of ketones is 1. The van der Waals surface area contributed by atoms with Crippen LogP contribution in [-0.4, -0.2) is 17.9 Å². The predicted octanol–water partition coefficient (Wildman–Crippen LogP) is 4.60. The van der Waals surface area contributed by atoms with Crippen LogP contribution in [0.5, 0.6) is 0 Å². The monoisotopic (exact) mass is 323 g/mol. The van der Waals surface area contributed by atoms with Crippen LogP contribution in [0.4, 0.5) is 5.69 Å². The van der Waals surface area contributed by atoms with Gasteiger partial charge in [-0.3, -0.25) is 4.79 Å². The average molecular weight is 324 g/mol. The molecule has 0 aromatic heterocycles. The maximum atomic E-state index is 12.6. The molecule has 0 amide bonds. The van der Waals surface area contributed by atoms with Gasteiger partial charge in [-0.15, -0.1) is 0 Å². The van der Waals surface area contributed by atoms with E-state index in [0.29, 0.717) is 0 Å². The van der Waals surface area contributed by atoms with Gasteiger partial charge in [0.1, 0.15) is 0 Å². The molecule has 1 aliphatic carbocycles. The molecule has 2 aliphatic rings. The number of allylic oxidation sites excluding steroid dienone is 1. The lowest BCUT2D eigenvalue weighted by molar-refractivity contribution is -0.116. The van der Waals surface area contributed by atoms with E-state index in [1.54, 1.807) is 6.08 Å². The minimum Gasteiger partial charge on any atom is -0.361 e. The van der Waals surface area contributed by atoms with E-state index in [1.165, 1.54) is 0 Å². The van der Waals surface area contributed by atoms with E-state index in [9.17, 15) is 4.79 Å². The number of hydrogen-bond donors (Lipinski definition) is 0. The highest BCUT2D eigenvalue weighted by Crippen LogP contribution is 2.48. The van der Waals surface area contributed by atoms with Crippen molar-refractivity contribution in [3.05, 3.63) is 77.3 Å². The molecule has 2 nitrogen and oxygen atoms in total. The highest BCUT2D eigenvalue weighted by molar-refractivity contribution is 6.30. The van der Waals surface area contributed by atoms with Crippen molar-refractivity contribution >= 4 is 23.1 Å². The number of benzene rings is 2. The number of hydrogen-bond acceptors (Lipinski definition) is 2.